The summed E-state index contributed by atoms with van der Waals surface area (Å²) in [6, 6.07) is 2.58. The Labute approximate surface area is 137 Å². The molecule has 2 aliphatic rings. The highest BCUT2D eigenvalue weighted by atomic mass is 32.2. The third-order valence-electron chi connectivity index (χ3n) is 4.36. The smallest absolute Gasteiger partial charge is 0.141 e. The van der Waals surface area contributed by atoms with Gasteiger partial charge in [0, 0.05) is 31.1 Å². The summed E-state index contributed by atoms with van der Waals surface area (Å²) < 4.78 is 0.989. The second-order valence-electron chi connectivity index (χ2n) is 6.89. The second-order valence-corrected chi connectivity index (χ2v) is 8.54. The molecule has 3 nitrogen and oxygen atoms in total. The minimum atomic E-state index is 0.200. The molecule has 3 heterocycles. The zero-order chi connectivity index (χ0) is 15.0. The van der Waals surface area contributed by atoms with Crippen LogP contribution in [0.1, 0.15) is 33.6 Å². The van der Waals surface area contributed by atoms with E-state index in [-0.39, 0.29) is 5.41 Å². The minimum Gasteiger partial charge on any atom is -0.370 e. The predicted molar refractivity (Wildman–Crippen MR) is 96.5 cm³/mol. The monoisotopic (exact) mass is 321 g/mol. The molecule has 0 saturated carbocycles. The Hall–Kier alpha value is -0.810. The molecule has 1 aromatic rings. The van der Waals surface area contributed by atoms with Crippen molar-refractivity contribution in [3.05, 3.63) is 18.5 Å². The summed E-state index contributed by atoms with van der Waals surface area (Å²) >= 11 is 7.44. The third-order valence-corrected chi connectivity index (χ3v) is 5.83. The number of hydrogen-bond acceptors (Lipinski definition) is 4. The van der Waals surface area contributed by atoms with Crippen LogP contribution in [0, 0.1) is 5.41 Å². The van der Waals surface area contributed by atoms with Crippen molar-refractivity contribution in [3.8, 4) is 0 Å². The lowest BCUT2D eigenvalue weighted by Gasteiger charge is -2.37. The summed E-state index contributed by atoms with van der Waals surface area (Å²) in [4.78, 5) is 9.20. The maximum absolute atomic E-state index is 5.65. The highest BCUT2D eigenvalue weighted by Crippen LogP contribution is 2.42. The number of anilines is 2. The van der Waals surface area contributed by atoms with Gasteiger partial charge in [-0.2, -0.15) is 0 Å². The summed E-state index contributed by atoms with van der Waals surface area (Å²) in [5, 5.41) is 0. The Morgan fingerprint density at radius 1 is 1.24 bits per heavy atom. The fraction of sp³-hybridized carbons (Fsp3) is 0.625. The molecule has 0 bridgehead atoms. The molecule has 0 amide bonds. The van der Waals surface area contributed by atoms with E-state index < -0.39 is 0 Å². The highest BCUT2D eigenvalue weighted by Gasteiger charge is 2.39. The van der Waals surface area contributed by atoms with E-state index in [2.05, 4.69) is 41.6 Å². The van der Waals surface area contributed by atoms with Gasteiger partial charge in [-0.05, 0) is 24.3 Å². The van der Waals surface area contributed by atoms with Crippen LogP contribution in [0.15, 0.2) is 18.5 Å². The number of nitrogens with zero attached hydrogens (tertiary/aromatic N) is 3. The zero-order valence-corrected chi connectivity index (χ0v) is 14.6. The molecule has 2 aliphatic heterocycles. The molecule has 0 aliphatic carbocycles. The molecule has 2 fully saturated rings. The van der Waals surface area contributed by atoms with E-state index in [1.165, 1.54) is 24.2 Å². The summed E-state index contributed by atoms with van der Waals surface area (Å²) in [6.45, 7) is 9.18. The van der Waals surface area contributed by atoms with Crippen molar-refractivity contribution in [1.82, 2.24) is 4.98 Å². The van der Waals surface area contributed by atoms with E-state index in [4.69, 9.17) is 12.2 Å². The Bertz CT molecular complexity index is 533. The molecule has 3 rings (SSSR count). The first-order chi connectivity index (χ1) is 9.98. The van der Waals surface area contributed by atoms with Crippen LogP contribution < -0.4 is 9.80 Å². The quantitative estimate of drug-likeness (QED) is 0.766. The summed E-state index contributed by atoms with van der Waals surface area (Å²) in [7, 11) is 0. The van der Waals surface area contributed by atoms with Gasteiger partial charge < -0.3 is 9.80 Å². The first-order valence-electron chi connectivity index (χ1n) is 7.63. The maximum atomic E-state index is 5.65. The molecule has 0 aromatic carbocycles. The number of thiocarbonyl (C=S) groups is 1. The van der Waals surface area contributed by atoms with Gasteiger partial charge in [-0.15, -0.1) is 0 Å². The van der Waals surface area contributed by atoms with Crippen molar-refractivity contribution in [2.45, 2.75) is 39.7 Å². The molecular weight excluding hydrogens is 298 g/mol. The summed E-state index contributed by atoms with van der Waals surface area (Å²) in [5.41, 5.74) is 2.68. The molecule has 0 radical (unpaired) electrons. The van der Waals surface area contributed by atoms with Crippen molar-refractivity contribution < 1.29 is 0 Å². The summed E-state index contributed by atoms with van der Waals surface area (Å²) in [6.07, 6.45) is 6.45. The zero-order valence-electron chi connectivity index (χ0n) is 13.0. The third kappa shape index (κ3) is 2.90. The predicted octanol–water partition coefficient (Wildman–Crippen LogP) is 3.93. The SMILES string of the molecule is CC(C)(C)[C@H]1CSC(=S)N1c1cnccc1N1CCCC1. The number of pyridine rings is 1. The van der Waals surface area contributed by atoms with Crippen LogP contribution in [-0.2, 0) is 0 Å². The fourth-order valence-corrected chi connectivity index (χ4v) is 4.86. The van der Waals surface area contributed by atoms with E-state index >= 15 is 0 Å². The van der Waals surface area contributed by atoms with Crippen molar-refractivity contribution in [1.29, 1.82) is 0 Å². The lowest BCUT2D eigenvalue weighted by atomic mass is 9.87. The van der Waals surface area contributed by atoms with Gasteiger partial charge in [0.2, 0.25) is 0 Å². The van der Waals surface area contributed by atoms with Gasteiger partial charge in [-0.3, -0.25) is 4.98 Å². The van der Waals surface area contributed by atoms with E-state index in [1.54, 1.807) is 11.8 Å². The van der Waals surface area contributed by atoms with Gasteiger partial charge in [-0.25, -0.2) is 0 Å². The molecule has 21 heavy (non-hydrogen) atoms. The van der Waals surface area contributed by atoms with Crippen LogP contribution in [-0.4, -0.2) is 34.2 Å². The van der Waals surface area contributed by atoms with Crippen molar-refractivity contribution in [2.24, 2.45) is 5.41 Å². The van der Waals surface area contributed by atoms with Crippen LogP contribution in [0.3, 0.4) is 0 Å². The molecule has 0 N–H and O–H groups in total. The molecule has 0 spiro atoms. The van der Waals surface area contributed by atoms with Gasteiger partial charge in [-0.1, -0.05) is 44.8 Å². The van der Waals surface area contributed by atoms with Crippen molar-refractivity contribution >= 4 is 39.7 Å². The standard InChI is InChI=1S/C16H23N3S2/c1-16(2,3)14-11-21-15(20)19(14)13-10-17-7-6-12(13)18-8-4-5-9-18/h6-7,10,14H,4-5,8-9,11H2,1-3H3/t14-/m1/s1. The lowest BCUT2D eigenvalue weighted by molar-refractivity contribution is 0.348. The van der Waals surface area contributed by atoms with Gasteiger partial charge in [0.25, 0.3) is 0 Å². The lowest BCUT2D eigenvalue weighted by Crippen LogP contribution is -2.43. The van der Waals surface area contributed by atoms with Crippen LogP contribution in [0.5, 0.6) is 0 Å². The molecule has 0 unspecified atom stereocenters. The van der Waals surface area contributed by atoms with Crippen LogP contribution in [0.2, 0.25) is 0 Å². The molecular formula is C16H23N3S2. The Kier molecular flexibility index (Phi) is 4.14. The molecule has 5 heteroatoms. The van der Waals surface area contributed by atoms with E-state index in [1.807, 2.05) is 12.4 Å². The number of hydrogen-bond donors (Lipinski definition) is 0. The van der Waals surface area contributed by atoms with E-state index in [9.17, 15) is 0 Å². The Morgan fingerprint density at radius 2 is 1.95 bits per heavy atom. The second kappa shape index (κ2) is 5.76. The Balaban J connectivity index is 2.00. The molecule has 114 valence electrons. The molecule has 1 atom stereocenters. The topological polar surface area (TPSA) is 19.4 Å². The largest absolute Gasteiger partial charge is 0.370 e. The first kappa shape index (κ1) is 15.1. The number of rotatable bonds is 2. The van der Waals surface area contributed by atoms with Crippen molar-refractivity contribution in [2.75, 3.05) is 28.6 Å². The number of thioether (sulfide) groups is 1. The number of aromatic nitrogens is 1. The Morgan fingerprint density at radius 3 is 2.62 bits per heavy atom. The van der Waals surface area contributed by atoms with Gasteiger partial charge in [0.15, 0.2) is 0 Å². The van der Waals surface area contributed by atoms with Gasteiger partial charge in [0.05, 0.1) is 17.6 Å². The molecule has 2 saturated heterocycles. The normalized spacial score (nSPS) is 23.2. The van der Waals surface area contributed by atoms with E-state index in [0.717, 1.165) is 23.2 Å². The van der Waals surface area contributed by atoms with Gasteiger partial charge in [0.1, 0.15) is 4.32 Å². The molecule has 1 aromatic heterocycles. The highest BCUT2D eigenvalue weighted by molar-refractivity contribution is 8.23. The average molecular weight is 322 g/mol. The minimum absolute atomic E-state index is 0.200. The maximum Gasteiger partial charge on any atom is 0.141 e. The van der Waals surface area contributed by atoms with Crippen molar-refractivity contribution in [3.63, 3.8) is 0 Å². The fourth-order valence-electron chi connectivity index (χ4n) is 3.11. The summed E-state index contributed by atoms with van der Waals surface area (Å²) in [5.74, 6) is 1.07. The van der Waals surface area contributed by atoms with Crippen LogP contribution in [0.4, 0.5) is 11.4 Å². The average Bonchev–Trinajstić information content (AvgIpc) is 3.07. The van der Waals surface area contributed by atoms with Gasteiger partial charge >= 0.3 is 0 Å². The van der Waals surface area contributed by atoms with E-state index in [0.29, 0.717) is 6.04 Å². The van der Waals surface area contributed by atoms with Crippen LogP contribution in [0.25, 0.3) is 0 Å². The van der Waals surface area contributed by atoms with Crippen LogP contribution >= 0.6 is 24.0 Å². The first-order valence-corrected chi connectivity index (χ1v) is 9.03.